The predicted octanol–water partition coefficient (Wildman–Crippen LogP) is 1.90. The van der Waals surface area contributed by atoms with Gasteiger partial charge in [0.2, 0.25) is 0 Å². The van der Waals surface area contributed by atoms with Crippen LogP contribution in [0.15, 0.2) is 12.1 Å². The number of likely N-dealkylation sites (N-methyl/N-ethyl adjacent to an activating group) is 1. The minimum atomic E-state index is -1.58. The molecule has 0 aliphatic heterocycles. The highest BCUT2D eigenvalue weighted by atomic mass is 19.1. The molecule has 0 heterocycles. The lowest BCUT2D eigenvalue weighted by Crippen LogP contribution is -2.41. The number of benzene rings is 1. The van der Waals surface area contributed by atoms with E-state index < -0.39 is 40.5 Å². The molecular formula is C13H16F2N2O4. The van der Waals surface area contributed by atoms with E-state index in [0.717, 1.165) is 4.90 Å². The number of carbonyl (C=O) groups excluding carboxylic acids is 1. The van der Waals surface area contributed by atoms with Gasteiger partial charge in [-0.15, -0.1) is 0 Å². The molecule has 21 heavy (non-hydrogen) atoms. The average molecular weight is 302 g/mol. The number of amides is 2. The number of carboxylic acids is 1. The zero-order valence-corrected chi connectivity index (χ0v) is 11.8. The Morgan fingerprint density at radius 2 is 1.86 bits per heavy atom. The summed E-state index contributed by atoms with van der Waals surface area (Å²) < 4.78 is 26.8. The van der Waals surface area contributed by atoms with Crippen LogP contribution in [0.3, 0.4) is 0 Å². The molecule has 0 aliphatic rings. The fraction of sp³-hybridized carbons (Fsp3) is 0.385. The first-order valence-electron chi connectivity index (χ1n) is 5.98. The van der Waals surface area contributed by atoms with E-state index in [4.69, 9.17) is 5.11 Å². The Hall–Kier alpha value is -2.22. The van der Waals surface area contributed by atoms with Crippen LogP contribution in [0.5, 0.6) is 0 Å². The predicted molar refractivity (Wildman–Crippen MR) is 71.3 cm³/mol. The second-order valence-corrected chi connectivity index (χ2v) is 5.22. The summed E-state index contributed by atoms with van der Waals surface area (Å²) in [5.74, 6) is -3.90. The van der Waals surface area contributed by atoms with Gasteiger partial charge in [-0.2, -0.15) is 0 Å². The van der Waals surface area contributed by atoms with Crippen LogP contribution in [0.1, 0.15) is 24.2 Å². The van der Waals surface area contributed by atoms with Crippen LogP contribution in [0.4, 0.5) is 19.3 Å². The maximum atomic E-state index is 13.5. The second-order valence-electron chi connectivity index (χ2n) is 5.22. The third-order valence-electron chi connectivity index (χ3n) is 2.50. The van der Waals surface area contributed by atoms with E-state index in [0.29, 0.717) is 12.1 Å². The van der Waals surface area contributed by atoms with Crippen molar-refractivity contribution in [1.29, 1.82) is 0 Å². The fourth-order valence-electron chi connectivity index (χ4n) is 1.67. The molecule has 116 valence electrons. The van der Waals surface area contributed by atoms with E-state index in [-0.39, 0.29) is 6.54 Å². The van der Waals surface area contributed by atoms with Gasteiger partial charge in [-0.1, -0.05) is 0 Å². The molecule has 3 N–H and O–H groups in total. The van der Waals surface area contributed by atoms with Gasteiger partial charge in [0.25, 0.3) is 0 Å². The molecule has 2 amide bonds. The number of carboxylic acid groups (broad SMARTS) is 1. The number of carbonyl (C=O) groups is 2. The van der Waals surface area contributed by atoms with Crippen LogP contribution < -0.4 is 5.32 Å². The van der Waals surface area contributed by atoms with Gasteiger partial charge in [0, 0.05) is 13.1 Å². The number of rotatable bonds is 4. The van der Waals surface area contributed by atoms with Crippen molar-refractivity contribution in [3.05, 3.63) is 29.3 Å². The first-order chi connectivity index (χ1) is 9.51. The molecule has 0 aromatic heterocycles. The summed E-state index contributed by atoms with van der Waals surface area (Å²) >= 11 is 0. The number of nitrogens with one attached hydrogen (secondary N) is 1. The lowest BCUT2D eigenvalue weighted by molar-refractivity contribution is 0.0550. The summed E-state index contributed by atoms with van der Waals surface area (Å²) in [6.07, 6.45) is 0. The van der Waals surface area contributed by atoms with E-state index in [9.17, 15) is 23.5 Å². The molecule has 1 aromatic rings. The summed E-state index contributed by atoms with van der Waals surface area (Å²) in [5, 5.41) is 20.5. The highest BCUT2D eigenvalue weighted by molar-refractivity contribution is 5.93. The topological polar surface area (TPSA) is 89.9 Å². The summed E-state index contributed by atoms with van der Waals surface area (Å²) in [6, 6.07) is 0.316. The van der Waals surface area contributed by atoms with Crippen molar-refractivity contribution in [2.75, 3.05) is 18.9 Å². The summed E-state index contributed by atoms with van der Waals surface area (Å²) in [7, 11) is 1.37. The number of aromatic carboxylic acids is 1. The van der Waals surface area contributed by atoms with Gasteiger partial charge in [-0.3, -0.25) is 0 Å². The van der Waals surface area contributed by atoms with Gasteiger partial charge >= 0.3 is 12.0 Å². The molecule has 0 unspecified atom stereocenters. The minimum Gasteiger partial charge on any atom is -0.478 e. The Morgan fingerprint density at radius 1 is 1.29 bits per heavy atom. The van der Waals surface area contributed by atoms with Crippen LogP contribution in [0, 0.1) is 11.6 Å². The van der Waals surface area contributed by atoms with E-state index in [1.165, 1.54) is 20.9 Å². The Kier molecular flexibility index (Phi) is 4.84. The third kappa shape index (κ3) is 4.67. The molecule has 0 aliphatic carbocycles. The van der Waals surface area contributed by atoms with Crippen LogP contribution in [0.2, 0.25) is 0 Å². The fourth-order valence-corrected chi connectivity index (χ4v) is 1.67. The van der Waals surface area contributed by atoms with Crippen molar-refractivity contribution in [3.63, 3.8) is 0 Å². The number of nitrogens with zero attached hydrogens (tertiary/aromatic N) is 1. The first-order valence-corrected chi connectivity index (χ1v) is 5.98. The molecule has 0 radical (unpaired) electrons. The third-order valence-corrected chi connectivity index (χ3v) is 2.50. The van der Waals surface area contributed by atoms with Crippen molar-refractivity contribution in [3.8, 4) is 0 Å². The molecule has 0 bridgehead atoms. The van der Waals surface area contributed by atoms with Crippen LogP contribution in [-0.2, 0) is 0 Å². The van der Waals surface area contributed by atoms with Gasteiger partial charge in [0.05, 0.1) is 23.4 Å². The molecule has 0 spiro atoms. The lowest BCUT2D eigenvalue weighted by atomic mass is 10.1. The van der Waals surface area contributed by atoms with Crippen LogP contribution in [0.25, 0.3) is 0 Å². The largest absolute Gasteiger partial charge is 0.478 e. The Labute approximate surface area is 120 Å². The van der Waals surface area contributed by atoms with Crippen LogP contribution >= 0.6 is 0 Å². The molecule has 0 saturated heterocycles. The number of hydrogen-bond acceptors (Lipinski definition) is 3. The average Bonchev–Trinajstić information content (AvgIpc) is 2.29. The van der Waals surface area contributed by atoms with Gasteiger partial charge in [-0.25, -0.2) is 18.4 Å². The molecular weight excluding hydrogens is 286 g/mol. The van der Waals surface area contributed by atoms with Crippen molar-refractivity contribution in [1.82, 2.24) is 4.90 Å². The molecule has 8 heteroatoms. The van der Waals surface area contributed by atoms with Gasteiger partial charge in [0.15, 0.2) is 0 Å². The van der Waals surface area contributed by atoms with E-state index in [1.54, 1.807) is 0 Å². The highest BCUT2D eigenvalue weighted by Crippen LogP contribution is 2.20. The van der Waals surface area contributed by atoms with Crippen molar-refractivity contribution >= 4 is 17.7 Å². The Bertz CT molecular complexity index is 570. The summed E-state index contributed by atoms with van der Waals surface area (Å²) in [4.78, 5) is 23.7. The number of urea groups is 1. The molecule has 6 nitrogen and oxygen atoms in total. The quantitative estimate of drug-likeness (QED) is 0.792. The molecule has 0 fully saturated rings. The number of hydrogen-bond donors (Lipinski definition) is 3. The summed E-state index contributed by atoms with van der Waals surface area (Å²) in [6.45, 7) is 2.93. The zero-order valence-electron chi connectivity index (χ0n) is 11.8. The van der Waals surface area contributed by atoms with E-state index in [1.807, 2.05) is 0 Å². The SMILES string of the molecule is CN(CC(C)(C)O)C(=O)Nc1cc(C(=O)O)c(F)cc1F. The molecule has 0 atom stereocenters. The monoisotopic (exact) mass is 302 g/mol. The highest BCUT2D eigenvalue weighted by Gasteiger charge is 2.21. The lowest BCUT2D eigenvalue weighted by Gasteiger charge is -2.25. The minimum absolute atomic E-state index is 0.0343. The van der Waals surface area contributed by atoms with Crippen LogP contribution in [-0.4, -0.2) is 46.3 Å². The van der Waals surface area contributed by atoms with Crippen molar-refractivity contribution in [2.45, 2.75) is 19.4 Å². The molecule has 1 aromatic carbocycles. The summed E-state index contributed by atoms with van der Waals surface area (Å²) in [5.41, 5.74) is -2.36. The maximum absolute atomic E-state index is 13.5. The maximum Gasteiger partial charge on any atom is 0.338 e. The normalized spacial score (nSPS) is 11.1. The van der Waals surface area contributed by atoms with Crippen molar-refractivity contribution < 1.29 is 28.6 Å². The molecule has 0 saturated carbocycles. The Morgan fingerprint density at radius 3 is 2.33 bits per heavy atom. The standard InChI is InChI=1S/C13H16F2N2O4/c1-13(2,21)6-17(3)12(20)16-10-4-7(11(18)19)8(14)5-9(10)15/h4-5,21H,6H2,1-3H3,(H,16,20)(H,18,19). The number of halogens is 2. The molecule has 1 rings (SSSR count). The zero-order chi connectivity index (χ0) is 16.4. The second kappa shape index (κ2) is 6.04. The van der Waals surface area contributed by atoms with Gasteiger partial charge in [0.1, 0.15) is 11.6 Å². The van der Waals surface area contributed by atoms with E-state index in [2.05, 4.69) is 5.32 Å². The first kappa shape index (κ1) is 16.8. The van der Waals surface area contributed by atoms with E-state index >= 15 is 0 Å². The number of aliphatic hydroxyl groups is 1. The van der Waals surface area contributed by atoms with Gasteiger partial charge < -0.3 is 20.4 Å². The smallest absolute Gasteiger partial charge is 0.338 e. The number of anilines is 1. The van der Waals surface area contributed by atoms with Crippen molar-refractivity contribution in [2.24, 2.45) is 0 Å². The Balaban J connectivity index is 2.95. The van der Waals surface area contributed by atoms with Gasteiger partial charge in [-0.05, 0) is 19.9 Å².